The van der Waals surface area contributed by atoms with Crippen LogP contribution < -0.4 is 9.44 Å². The summed E-state index contributed by atoms with van der Waals surface area (Å²) >= 11 is 7.15. The molecule has 0 unspecified atom stereocenters. The van der Waals surface area contributed by atoms with Crippen LogP contribution in [0.3, 0.4) is 0 Å². The van der Waals surface area contributed by atoms with E-state index < -0.39 is 20.0 Å². The Bertz CT molecular complexity index is 1220. The van der Waals surface area contributed by atoms with E-state index >= 15 is 0 Å². The van der Waals surface area contributed by atoms with Crippen molar-refractivity contribution in [1.29, 1.82) is 0 Å². The SMILES string of the molecule is Cc1ccc(NS(=O)(=O)c2cc(NS(=O)(=O)c3cccs3)ccc2Cl)c(C)c1. The topological polar surface area (TPSA) is 92.3 Å². The molecule has 28 heavy (non-hydrogen) atoms. The Morgan fingerprint density at radius 1 is 0.893 bits per heavy atom. The van der Waals surface area contributed by atoms with Crippen molar-refractivity contribution in [1.82, 2.24) is 0 Å². The van der Waals surface area contributed by atoms with Crippen molar-refractivity contribution in [2.24, 2.45) is 0 Å². The van der Waals surface area contributed by atoms with Gasteiger partial charge in [0.05, 0.1) is 16.4 Å². The highest BCUT2D eigenvalue weighted by molar-refractivity contribution is 7.94. The second kappa shape index (κ2) is 7.75. The van der Waals surface area contributed by atoms with Crippen molar-refractivity contribution >= 4 is 54.4 Å². The number of aryl methyl sites for hydroxylation is 2. The fourth-order valence-corrected chi connectivity index (χ4v) is 6.22. The van der Waals surface area contributed by atoms with Gasteiger partial charge in [-0.2, -0.15) is 0 Å². The van der Waals surface area contributed by atoms with Gasteiger partial charge >= 0.3 is 0 Å². The van der Waals surface area contributed by atoms with Gasteiger partial charge in [0.25, 0.3) is 20.0 Å². The van der Waals surface area contributed by atoms with E-state index in [0.29, 0.717) is 5.69 Å². The molecule has 0 saturated carbocycles. The maximum absolute atomic E-state index is 12.8. The molecular formula is C18H17ClN2O4S3. The Balaban J connectivity index is 1.94. The molecule has 0 saturated heterocycles. The predicted octanol–water partition coefficient (Wildman–Crippen LogP) is 4.62. The normalized spacial score (nSPS) is 12.0. The van der Waals surface area contributed by atoms with Gasteiger partial charge in [0.15, 0.2) is 0 Å². The van der Waals surface area contributed by atoms with E-state index in [0.717, 1.165) is 22.5 Å². The Morgan fingerprint density at radius 2 is 1.64 bits per heavy atom. The van der Waals surface area contributed by atoms with Crippen LogP contribution in [0.15, 0.2) is 63.0 Å². The summed E-state index contributed by atoms with van der Waals surface area (Å²) in [6, 6.07) is 12.3. The van der Waals surface area contributed by atoms with Gasteiger partial charge in [0, 0.05) is 0 Å². The lowest BCUT2D eigenvalue weighted by Gasteiger charge is -2.14. The molecule has 2 aromatic carbocycles. The molecule has 0 radical (unpaired) electrons. The number of hydrogen-bond acceptors (Lipinski definition) is 5. The molecule has 10 heteroatoms. The van der Waals surface area contributed by atoms with Crippen LogP contribution in [0, 0.1) is 13.8 Å². The standard InChI is InChI=1S/C18H17ClN2O4S3/c1-12-5-8-16(13(2)10-12)21-27(22,23)17-11-14(6-7-15(17)19)20-28(24,25)18-4-3-9-26-18/h3-11,20-21H,1-2H3. The number of benzene rings is 2. The third-order valence-corrected chi connectivity index (χ3v) is 8.48. The summed E-state index contributed by atoms with van der Waals surface area (Å²) in [6.45, 7) is 3.70. The van der Waals surface area contributed by atoms with E-state index in [1.807, 2.05) is 13.0 Å². The van der Waals surface area contributed by atoms with Crippen LogP contribution in [0.4, 0.5) is 11.4 Å². The van der Waals surface area contributed by atoms with Gasteiger partial charge in [-0.15, -0.1) is 11.3 Å². The Labute approximate surface area is 173 Å². The van der Waals surface area contributed by atoms with Crippen LogP contribution in [0.25, 0.3) is 0 Å². The van der Waals surface area contributed by atoms with Crippen molar-refractivity contribution in [2.75, 3.05) is 9.44 Å². The zero-order chi connectivity index (χ0) is 20.5. The average Bonchev–Trinajstić information content (AvgIpc) is 3.14. The highest BCUT2D eigenvalue weighted by atomic mass is 35.5. The first-order valence-electron chi connectivity index (χ1n) is 8.04. The first-order valence-corrected chi connectivity index (χ1v) is 12.3. The highest BCUT2D eigenvalue weighted by Crippen LogP contribution is 2.29. The predicted molar refractivity (Wildman–Crippen MR) is 113 cm³/mol. The van der Waals surface area contributed by atoms with Crippen molar-refractivity contribution in [2.45, 2.75) is 23.0 Å². The van der Waals surface area contributed by atoms with E-state index in [1.165, 1.54) is 24.3 Å². The number of rotatable bonds is 6. The zero-order valence-electron chi connectivity index (χ0n) is 14.9. The van der Waals surface area contributed by atoms with E-state index in [9.17, 15) is 16.8 Å². The first-order chi connectivity index (χ1) is 13.1. The lowest BCUT2D eigenvalue weighted by Crippen LogP contribution is -2.16. The van der Waals surface area contributed by atoms with Gasteiger partial charge in [-0.3, -0.25) is 9.44 Å². The molecule has 0 aliphatic heterocycles. The summed E-state index contributed by atoms with van der Waals surface area (Å²) in [5.74, 6) is 0. The minimum atomic E-state index is -4.03. The van der Waals surface area contributed by atoms with Gasteiger partial charge in [-0.25, -0.2) is 16.8 Å². The molecule has 0 amide bonds. The molecule has 3 aromatic rings. The van der Waals surface area contributed by atoms with Gasteiger partial charge < -0.3 is 0 Å². The van der Waals surface area contributed by atoms with E-state index in [2.05, 4.69) is 9.44 Å². The summed E-state index contributed by atoms with van der Waals surface area (Å²) in [4.78, 5) is -0.222. The lowest BCUT2D eigenvalue weighted by atomic mass is 10.1. The second-order valence-electron chi connectivity index (χ2n) is 6.11. The molecule has 0 aliphatic carbocycles. The first kappa shape index (κ1) is 20.7. The minimum absolute atomic E-state index is 0.0173. The maximum Gasteiger partial charge on any atom is 0.271 e. The fraction of sp³-hybridized carbons (Fsp3) is 0.111. The minimum Gasteiger partial charge on any atom is -0.279 e. The highest BCUT2D eigenvalue weighted by Gasteiger charge is 2.22. The monoisotopic (exact) mass is 456 g/mol. The molecule has 1 aromatic heterocycles. The van der Waals surface area contributed by atoms with Crippen molar-refractivity contribution in [3.63, 3.8) is 0 Å². The molecule has 2 N–H and O–H groups in total. The van der Waals surface area contributed by atoms with Crippen molar-refractivity contribution < 1.29 is 16.8 Å². The molecule has 3 rings (SSSR count). The van der Waals surface area contributed by atoms with E-state index in [1.54, 1.807) is 30.5 Å². The molecule has 148 valence electrons. The van der Waals surface area contributed by atoms with Gasteiger partial charge in [-0.1, -0.05) is 35.4 Å². The quantitative estimate of drug-likeness (QED) is 0.566. The summed E-state index contributed by atoms with van der Waals surface area (Å²) < 4.78 is 55.4. The van der Waals surface area contributed by atoms with Gasteiger partial charge in [0.2, 0.25) is 0 Å². The van der Waals surface area contributed by atoms with Gasteiger partial charge in [-0.05, 0) is 55.1 Å². The van der Waals surface area contributed by atoms with E-state index in [4.69, 9.17) is 11.6 Å². The maximum atomic E-state index is 12.8. The number of anilines is 2. The number of hydrogen-bond donors (Lipinski definition) is 2. The molecular weight excluding hydrogens is 440 g/mol. The molecule has 0 fully saturated rings. The van der Waals surface area contributed by atoms with Crippen molar-refractivity contribution in [3.05, 3.63) is 70.1 Å². The summed E-state index contributed by atoms with van der Waals surface area (Å²) in [5.41, 5.74) is 2.28. The van der Waals surface area contributed by atoms with Crippen LogP contribution in [0.1, 0.15) is 11.1 Å². The van der Waals surface area contributed by atoms with E-state index in [-0.39, 0.29) is 19.8 Å². The van der Waals surface area contributed by atoms with Crippen LogP contribution >= 0.6 is 22.9 Å². The Kier molecular flexibility index (Phi) is 5.72. The van der Waals surface area contributed by atoms with Crippen molar-refractivity contribution in [3.8, 4) is 0 Å². The average molecular weight is 457 g/mol. The van der Waals surface area contributed by atoms with Crippen LogP contribution in [-0.4, -0.2) is 16.8 Å². The summed E-state index contributed by atoms with van der Waals surface area (Å²) in [6.07, 6.45) is 0. The third kappa shape index (κ3) is 4.49. The number of sulfonamides is 2. The summed E-state index contributed by atoms with van der Waals surface area (Å²) in [5, 5.41) is 1.62. The van der Waals surface area contributed by atoms with Crippen LogP contribution in [0.5, 0.6) is 0 Å². The molecule has 0 aliphatic rings. The summed E-state index contributed by atoms with van der Waals surface area (Å²) in [7, 11) is -7.83. The zero-order valence-corrected chi connectivity index (χ0v) is 18.1. The smallest absolute Gasteiger partial charge is 0.271 e. The fourth-order valence-electron chi connectivity index (χ4n) is 2.52. The molecule has 1 heterocycles. The second-order valence-corrected chi connectivity index (χ2v) is 11.0. The number of halogens is 1. The molecule has 0 bridgehead atoms. The molecule has 0 atom stereocenters. The van der Waals surface area contributed by atoms with Crippen LogP contribution in [-0.2, 0) is 20.0 Å². The van der Waals surface area contributed by atoms with Gasteiger partial charge in [0.1, 0.15) is 9.10 Å². The molecule has 0 spiro atoms. The third-order valence-electron chi connectivity index (χ3n) is 3.86. The number of thiophene rings is 1. The Hall–Kier alpha value is -2.07. The number of nitrogens with one attached hydrogen (secondary N) is 2. The Morgan fingerprint density at radius 3 is 2.29 bits per heavy atom. The lowest BCUT2D eigenvalue weighted by molar-refractivity contribution is 0.599. The largest absolute Gasteiger partial charge is 0.279 e. The van der Waals surface area contributed by atoms with Crippen LogP contribution in [0.2, 0.25) is 5.02 Å². The molecule has 6 nitrogen and oxygen atoms in total.